The second-order valence-corrected chi connectivity index (χ2v) is 4.29. The van der Waals surface area contributed by atoms with E-state index in [0.29, 0.717) is 0 Å². The molecular formula is C12H13N5O4. The maximum absolute atomic E-state index is 11.7. The summed E-state index contributed by atoms with van der Waals surface area (Å²) in [6.07, 6.45) is 0.166. The third-order valence-electron chi connectivity index (χ3n) is 2.72. The highest BCUT2D eigenvalue weighted by atomic mass is 16.5. The Kier molecular flexibility index (Phi) is 4.12. The highest BCUT2D eigenvalue weighted by molar-refractivity contribution is 5.81. The van der Waals surface area contributed by atoms with Crippen LogP contribution in [0.5, 0.6) is 0 Å². The van der Waals surface area contributed by atoms with Crippen molar-refractivity contribution in [3.05, 3.63) is 42.2 Å². The van der Waals surface area contributed by atoms with Crippen LogP contribution in [0.3, 0.4) is 0 Å². The summed E-state index contributed by atoms with van der Waals surface area (Å²) >= 11 is 0. The first-order valence-electron chi connectivity index (χ1n) is 5.98. The Hall–Kier alpha value is -2.97. The minimum Gasteiger partial charge on any atom is -0.478 e. The van der Waals surface area contributed by atoms with E-state index in [0.717, 1.165) is 16.7 Å². The Labute approximate surface area is 119 Å². The first-order chi connectivity index (χ1) is 10.0. The van der Waals surface area contributed by atoms with E-state index in [4.69, 9.17) is 4.74 Å². The summed E-state index contributed by atoms with van der Waals surface area (Å²) in [5.41, 5.74) is -1.10. The minimum absolute atomic E-state index is 0.0210. The lowest BCUT2D eigenvalue weighted by Gasteiger charge is -2.23. The van der Waals surface area contributed by atoms with E-state index in [1.165, 1.54) is 6.92 Å². The van der Waals surface area contributed by atoms with Crippen molar-refractivity contribution in [2.45, 2.75) is 19.2 Å². The van der Waals surface area contributed by atoms with Crippen molar-refractivity contribution in [1.29, 1.82) is 0 Å². The maximum Gasteiger partial charge on any atom is 0.409 e. The van der Waals surface area contributed by atoms with E-state index < -0.39 is 17.7 Å². The zero-order valence-electron chi connectivity index (χ0n) is 11.1. The zero-order chi connectivity index (χ0) is 15.3. The van der Waals surface area contributed by atoms with Gasteiger partial charge in [-0.05, 0) is 17.7 Å². The number of hydrogen-bond acceptors (Lipinski definition) is 6. The van der Waals surface area contributed by atoms with Gasteiger partial charge in [0.1, 0.15) is 6.61 Å². The second kappa shape index (κ2) is 5.99. The number of rotatable bonds is 5. The van der Waals surface area contributed by atoms with Crippen LogP contribution in [0.15, 0.2) is 36.7 Å². The van der Waals surface area contributed by atoms with Crippen LogP contribution in [0.1, 0.15) is 12.5 Å². The SMILES string of the molecule is CC(NC(=O)OCc1ccccc1)(C(=O)O)n1ncnn1. The number of benzene rings is 1. The van der Waals surface area contributed by atoms with Crippen LogP contribution in [0.25, 0.3) is 0 Å². The molecule has 110 valence electrons. The van der Waals surface area contributed by atoms with E-state index in [1.807, 2.05) is 6.07 Å². The van der Waals surface area contributed by atoms with Gasteiger partial charge in [-0.1, -0.05) is 30.3 Å². The fourth-order valence-corrected chi connectivity index (χ4v) is 1.52. The Bertz CT molecular complexity index is 616. The number of carboxylic acid groups (broad SMARTS) is 1. The van der Waals surface area contributed by atoms with Crippen molar-refractivity contribution in [2.24, 2.45) is 0 Å². The largest absolute Gasteiger partial charge is 0.478 e. The van der Waals surface area contributed by atoms with Gasteiger partial charge in [0.25, 0.3) is 5.66 Å². The van der Waals surface area contributed by atoms with Gasteiger partial charge in [-0.2, -0.15) is 0 Å². The molecule has 1 atom stereocenters. The molecule has 0 aliphatic carbocycles. The van der Waals surface area contributed by atoms with Crippen LogP contribution in [0, 0.1) is 0 Å². The average Bonchev–Trinajstić information content (AvgIpc) is 3.00. The molecule has 0 radical (unpaired) electrons. The molecule has 0 aliphatic rings. The number of carboxylic acids is 1. The molecule has 0 spiro atoms. The Balaban J connectivity index is 2.01. The summed E-state index contributed by atoms with van der Waals surface area (Å²) in [6, 6.07) is 9.00. The summed E-state index contributed by atoms with van der Waals surface area (Å²) < 4.78 is 4.97. The third-order valence-corrected chi connectivity index (χ3v) is 2.72. The monoisotopic (exact) mass is 291 g/mol. The van der Waals surface area contributed by atoms with Crippen LogP contribution >= 0.6 is 0 Å². The summed E-state index contributed by atoms with van der Waals surface area (Å²) in [7, 11) is 0. The Morgan fingerprint density at radius 2 is 2.10 bits per heavy atom. The number of aliphatic carboxylic acids is 1. The fourth-order valence-electron chi connectivity index (χ4n) is 1.52. The van der Waals surface area contributed by atoms with E-state index >= 15 is 0 Å². The molecule has 1 aromatic heterocycles. The smallest absolute Gasteiger partial charge is 0.409 e. The van der Waals surface area contributed by atoms with Crippen molar-refractivity contribution in [1.82, 2.24) is 25.5 Å². The van der Waals surface area contributed by atoms with Gasteiger partial charge in [-0.25, -0.2) is 9.59 Å². The fraction of sp³-hybridized carbons (Fsp3) is 0.250. The quantitative estimate of drug-likeness (QED) is 0.816. The Morgan fingerprint density at radius 1 is 1.38 bits per heavy atom. The summed E-state index contributed by atoms with van der Waals surface area (Å²) in [6.45, 7) is 1.24. The number of amides is 1. The van der Waals surface area contributed by atoms with Crippen LogP contribution in [0.2, 0.25) is 0 Å². The van der Waals surface area contributed by atoms with Gasteiger partial charge in [-0.15, -0.1) is 15.0 Å². The van der Waals surface area contributed by atoms with Gasteiger partial charge in [0.15, 0.2) is 6.33 Å². The molecule has 9 heteroatoms. The predicted octanol–water partition coefficient (Wildman–Crippen LogP) is 0.357. The Morgan fingerprint density at radius 3 is 2.67 bits per heavy atom. The van der Waals surface area contributed by atoms with Crippen molar-refractivity contribution >= 4 is 12.1 Å². The molecule has 2 aromatic rings. The van der Waals surface area contributed by atoms with Gasteiger partial charge in [0.2, 0.25) is 0 Å². The lowest BCUT2D eigenvalue weighted by atomic mass is 10.2. The average molecular weight is 291 g/mol. The van der Waals surface area contributed by atoms with Gasteiger partial charge < -0.3 is 9.84 Å². The summed E-state index contributed by atoms with van der Waals surface area (Å²) in [5.74, 6) is -1.35. The third kappa shape index (κ3) is 3.32. The number of ether oxygens (including phenoxy) is 1. The molecule has 1 amide bonds. The van der Waals surface area contributed by atoms with E-state index in [2.05, 4.69) is 20.7 Å². The number of carbonyl (C=O) groups excluding carboxylic acids is 1. The van der Waals surface area contributed by atoms with Gasteiger partial charge >= 0.3 is 12.1 Å². The number of aromatic nitrogens is 4. The van der Waals surface area contributed by atoms with Gasteiger partial charge in [0.05, 0.1) is 0 Å². The van der Waals surface area contributed by atoms with Crippen molar-refractivity contribution in [3.8, 4) is 0 Å². The van der Waals surface area contributed by atoms with Gasteiger partial charge in [0, 0.05) is 0 Å². The molecule has 2 rings (SSSR count). The molecule has 2 N–H and O–H groups in total. The standard InChI is InChI=1S/C12H13N5O4/c1-12(10(18)19,17-14-8-13-16-17)15-11(20)21-7-9-5-3-2-4-6-9/h2-6,8H,7H2,1H3,(H,15,20)(H,18,19). The molecular weight excluding hydrogens is 278 g/mol. The minimum atomic E-state index is -1.88. The van der Waals surface area contributed by atoms with Gasteiger partial charge in [-0.3, -0.25) is 5.32 Å². The van der Waals surface area contributed by atoms with E-state index in [9.17, 15) is 14.7 Å². The van der Waals surface area contributed by atoms with Crippen molar-refractivity contribution < 1.29 is 19.4 Å². The van der Waals surface area contributed by atoms with Crippen molar-refractivity contribution in [2.75, 3.05) is 0 Å². The number of nitrogens with zero attached hydrogens (tertiary/aromatic N) is 4. The van der Waals surface area contributed by atoms with Crippen molar-refractivity contribution in [3.63, 3.8) is 0 Å². The van der Waals surface area contributed by atoms with Crippen LogP contribution in [-0.4, -0.2) is 37.4 Å². The van der Waals surface area contributed by atoms with E-state index in [1.54, 1.807) is 24.3 Å². The van der Waals surface area contributed by atoms with Crippen LogP contribution < -0.4 is 5.32 Å². The highest BCUT2D eigenvalue weighted by Crippen LogP contribution is 2.10. The molecule has 0 saturated heterocycles. The lowest BCUT2D eigenvalue weighted by molar-refractivity contribution is -0.149. The molecule has 1 heterocycles. The van der Waals surface area contributed by atoms with Crippen LogP contribution in [0.4, 0.5) is 4.79 Å². The number of carbonyl (C=O) groups is 2. The molecule has 1 aromatic carbocycles. The maximum atomic E-state index is 11.7. The highest BCUT2D eigenvalue weighted by Gasteiger charge is 2.40. The lowest BCUT2D eigenvalue weighted by Crippen LogP contribution is -2.55. The number of alkyl carbamates (subject to hydrolysis) is 1. The number of hydrogen-bond donors (Lipinski definition) is 2. The zero-order valence-corrected chi connectivity index (χ0v) is 11.1. The second-order valence-electron chi connectivity index (χ2n) is 4.29. The summed E-state index contributed by atoms with van der Waals surface area (Å²) in [5, 5.41) is 22.0. The van der Waals surface area contributed by atoms with E-state index in [-0.39, 0.29) is 6.61 Å². The molecule has 0 fully saturated rings. The topological polar surface area (TPSA) is 119 Å². The normalized spacial score (nSPS) is 13.2. The molecule has 21 heavy (non-hydrogen) atoms. The number of nitrogens with one attached hydrogen (secondary N) is 1. The first kappa shape index (κ1) is 14.4. The molecule has 9 nitrogen and oxygen atoms in total. The first-order valence-corrected chi connectivity index (χ1v) is 5.98. The molecule has 1 unspecified atom stereocenters. The molecule has 0 saturated carbocycles. The van der Waals surface area contributed by atoms with Crippen LogP contribution in [-0.2, 0) is 21.8 Å². The predicted molar refractivity (Wildman–Crippen MR) is 68.9 cm³/mol. The number of tetrazole rings is 1. The molecule has 0 aliphatic heterocycles. The molecule has 0 bridgehead atoms. The summed E-state index contributed by atoms with van der Waals surface area (Å²) in [4.78, 5) is 23.9.